The summed E-state index contributed by atoms with van der Waals surface area (Å²) in [6, 6.07) is 8.71. The Labute approximate surface area is 175 Å². The van der Waals surface area contributed by atoms with Crippen LogP contribution in [0.4, 0.5) is 5.82 Å². The van der Waals surface area contributed by atoms with Gasteiger partial charge in [0.15, 0.2) is 0 Å². The zero-order valence-electron chi connectivity index (χ0n) is 18.5. The molecule has 0 spiro atoms. The molecule has 1 aromatic carbocycles. The SMILES string of the molecule is CCC(=O)N1CCN(c2nc(C(C)CC)nc(C)c2Cc2ccc(C)cc2)CC1. The number of anilines is 1. The maximum Gasteiger partial charge on any atom is 0.222 e. The normalized spacial score (nSPS) is 15.5. The molecule has 0 aliphatic carbocycles. The van der Waals surface area contributed by atoms with Gasteiger partial charge in [0.2, 0.25) is 5.91 Å². The van der Waals surface area contributed by atoms with Crippen LogP contribution in [-0.2, 0) is 11.2 Å². The summed E-state index contributed by atoms with van der Waals surface area (Å²) in [5.74, 6) is 2.56. The van der Waals surface area contributed by atoms with E-state index in [1.807, 2.05) is 11.8 Å². The van der Waals surface area contributed by atoms with Crippen LogP contribution in [0.15, 0.2) is 24.3 Å². The smallest absolute Gasteiger partial charge is 0.222 e. The van der Waals surface area contributed by atoms with E-state index in [0.29, 0.717) is 12.3 Å². The molecule has 0 saturated carbocycles. The molecule has 1 aromatic heterocycles. The first-order valence-electron chi connectivity index (χ1n) is 10.9. The second-order valence-electron chi connectivity index (χ2n) is 8.16. The monoisotopic (exact) mass is 394 g/mol. The third-order valence-electron chi connectivity index (χ3n) is 6.00. The first-order chi connectivity index (χ1) is 13.9. The Balaban J connectivity index is 1.93. The molecule has 1 aliphatic heterocycles. The van der Waals surface area contributed by atoms with Gasteiger partial charge >= 0.3 is 0 Å². The van der Waals surface area contributed by atoms with Crippen LogP contribution in [0.25, 0.3) is 0 Å². The number of amides is 1. The van der Waals surface area contributed by atoms with Crippen LogP contribution in [0.1, 0.15) is 67.7 Å². The van der Waals surface area contributed by atoms with Crippen molar-refractivity contribution in [2.75, 3.05) is 31.1 Å². The van der Waals surface area contributed by atoms with Crippen molar-refractivity contribution in [2.45, 2.75) is 59.8 Å². The van der Waals surface area contributed by atoms with Crippen LogP contribution >= 0.6 is 0 Å². The molecule has 5 heteroatoms. The number of hydrogen-bond donors (Lipinski definition) is 0. The summed E-state index contributed by atoms with van der Waals surface area (Å²) in [4.78, 5) is 26.3. The van der Waals surface area contributed by atoms with Gasteiger partial charge in [0.1, 0.15) is 11.6 Å². The second kappa shape index (κ2) is 9.38. The number of carbonyl (C=O) groups is 1. The molecule has 2 heterocycles. The van der Waals surface area contributed by atoms with Crippen LogP contribution in [0.5, 0.6) is 0 Å². The molecule has 5 nitrogen and oxygen atoms in total. The molecule has 1 saturated heterocycles. The molecule has 2 aromatic rings. The van der Waals surface area contributed by atoms with Crippen molar-refractivity contribution in [3.8, 4) is 0 Å². The summed E-state index contributed by atoms with van der Waals surface area (Å²) < 4.78 is 0. The van der Waals surface area contributed by atoms with E-state index in [-0.39, 0.29) is 5.91 Å². The second-order valence-corrected chi connectivity index (χ2v) is 8.16. The molecule has 1 atom stereocenters. The molecular formula is C24H34N4O. The number of aryl methyl sites for hydroxylation is 2. The highest BCUT2D eigenvalue weighted by atomic mass is 16.2. The maximum atomic E-state index is 12.1. The minimum atomic E-state index is 0.240. The molecule has 1 unspecified atom stereocenters. The van der Waals surface area contributed by atoms with Crippen molar-refractivity contribution in [3.05, 3.63) is 52.5 Å². The molecule has 0 radical (unpaired) electrons. The minimum absolute atomic E-state index is 0.240. The fraction of sp³-hybridized carbons (Fsp3) is 0.542. The predicted molar refractivity (Wildman–Crippen MR) is 119 cm³/mol. The first kappa shape index (κ1) is 21.3. The van der Waals surface area contributed by atoms with E-state index in [1.54, 1.807) is 0 Å². The van der Waals surface area contributed by atoms with Crippen molar-refractivity contribution < 1.29 is 4.79 Å². The highest BCUT2D eigenvalue weighted by molar-refractivity contribution is 5.76. The third-order valence-corrected chi connectivity index (χ3v) is 6.00. The fourth-order valence-electron chi connectivity index (χ4n) is 3.77. The summed E-state index contributed by atoms with van der Waals surface area (Å²) in [6.45, 7) is 13.7. The third kappa shape index (κ3) is 4.95. The van der Waals surface area contributed by atoms with E-state index < -0.39 is 0 Å². The van der Waals surface area contributed by atoms with Crippen LogP contribution in [0.2, 0.25) is 0 Å². The largest absolute Gasteiger partial charge is 0.353 e. The summed E-state index contributed by atoms with van der Waals surface area (Å²) in [6.07, 6.45) is 2.43. The van der Waals surface area contributed by atoms with Gasteiger partial charge in [0, 0.05) is 56.2 Å². The Morgan fingerprint density at radius 2 is 1.69 bits per heavy atom. The average Bonchev–Trinajstić information content (AvgIpc) is 2.75. The van der Waals surface area contributed by atoms with Gasteiger partial charge in [0.05, 0.1) is 0 Å². The molecule has 1 amide bonds. The van der Waals surface area contributed by atoms with Crippen molar-refractivity contribution >= 4 is 11.7 Å². The zero-order chi connectivity index (χ0) is 21.0. The van der Waals surface area contributed by atoms with Crippen molar-refractivity contribution in [1.29, 1.82) is 0 Å². The topological polar surface area (TPSA) is 49.3 Å². The van der Waals surface area contributed by atoms with E-state index >= 15 is 0 Å². The van der Waals surface area contributed by atoms with E-state index in [2.05, 4.69) is 56.9 Å². The van der Waals surface area contributed by atoms with Crippen LogP contribution in [-0.4, -0.2) is 47.0 Å². The molecule has 0 bridgehead atoms. The fourth-order valence-corrected chi connectivity index (χ4v) is 3.77. The van der Waals surface area contributed by atoms with Gasteiger partial charge in [0.25, 0.3) is 0 Å². The Hall–Kier alpha value is -2.43. The molecule has 1 aliphatic rings. The minimum Gasteiger partial charge on any atom is -0.353 e. The van der Waals surface area contributed by atoms with E-state index in [1.165, 1.54) is 16.7 Å². The van der Waals surface area contributed by atoms with Crippen LogP contribution in [0.3, 0.4) is 0 Å². The lowest BCUT2D eigenvalue weighted by Crippen LogP contribution is -2.49. The Bertz CT molecular complexity index is 839. The first-order valence-corrected chi connectivity index (χ1v) is 10.9. The predicted octanol–water partition coefficient (Wildman–Crippen LogP) is 4.26. The maximum absolute atomic E-state index is 12.1. The molecule has 1 fully saturated rings. The number of piperazine rings is 1. The number of hydrogen-bond acceptors (Lipinski definition) is 4. The van der Waals surface area contributed by atoms with Gasteiger partial charge < -0.3 is 9.80 Å². The molecule has 29 heavy (non-hydrogen) atoms. The number of nitrogens with zero attached hydrogens (tertiary/aromatic N) is 4. The lowest BCUT2D eigenvalue weighted by atomic mass is 10.0. The van der Waals surface area contributed by atoms with Crippen molar-refractivity contribution in [2.24, 2.45) is 0 Å². The molecule has 156 valence electrons. The zero-order valence-corrected chi connectivity index (χ0v) is 18.5. The van der Waals surface area contributed by atoms with Gasteiger partial charge in [-0.05, 0) is 25.8 Å². The van der Waals surface area contributed by atoms with Crippen molar-refractivity contribution in [1.82, 2.24) is 14.9 Å². The summed E-state index contributed by atoms with van der Waals surface area (Å²) in [7, 11) is 0. The standard InChI is InChI=1S/C24H34N4O/c1-6-18(4)23-25-19(5)21(16-20-10-8-17(3)9-11-20)24(26-23)28-14-12-27(13-15-28)22(29)7-2/h8-11,18H,6-7,12-16H2,1-5H3. The average molecular weight is 395 g/mol. The lowest BCUT2D eigenvalue weighted by Gasteiger charge is -2.36. The van der Waals surface area contributed by atoms with E-state index in [4.69, 9.17) is 9.97 Å². The van der Waals surface area contributed by atoms with Gasteiger partial charge in [-0.1, -0.05) is 50.6 Å². The number of carbonyl (C=O) groups excluding carboxylic acids is 1. The van der Waals surface area contributed by atoms with Crippen molar-refractivity contribution in [3.63, 3.8) is 0 Å². The lowest BCUT2D eigenvalue weighted by molar-refractivity contribution is -0.131. The number of rotatable bonds is 6. The Kier molecular flexibility index (Phi) is 6.88. The Morgan fingerprint density at radius 3 is 2.28 bits per heavy atom. The summed E-state index contributed by atoms with van der Waals surface area (Å²) >= 11 is 0. The number of aromatic nitrogens is 2. The van der Waals surface area contributed by atoms with E-state index in [9.17, 15) is 4.79 Å². The van der Waals surface area contributed by atoms with Crippen LogP contribution in [0, 0.1) is 13.8 Å². The molecular weight excluding hydrogens is 360 g/mol. The quantitative estimate of drug-likeness (QED) is 0.735. The Morgan fingerprint density at radius 1 is 1.03 bits per heavy atom. The molecule has 3 rings (SSSR count). The highest BCUT2D eigenvalue weighted by Crippen LogP contribution is 2.28. The molecule has 0 N–H and O–H groups in total. The van der Waals surface area contributed by atoms with Gasteiger partial charge in [-0.3, -0.25) is 4.79 Å². The van der Waals surface area contributed by atoms with Gasteiger partial charge in [-0.15, -0.1) is 0 Å². The van der Waals surface area contributed by atoms with Gasteiger partial charge in [-0.2, -0.15) is 0 Å². The van der Waals surface area contributed by atoms with Crippen LogP contribution < -0.4 is 4.90 Å². The summed E-state index contributed by atoms with van der Waals surface area (Å²) in [5, 5.41) is 0. The summed E-state index contributed by atoms with van der Waals surface area (Å²) in [5.41, 5.74) is 4.82. The van der Waals surface area contributed by atoms with Gasteiger partial charge in [-0.25, -0.2) is 9.97 Å². The highest BCUT2D eigenvalue weighted by Gasteiger charge is 2.25. The van der Waals surface area contributed by atoms with E-state index in [0.717, 1.165) is 56.4 Å². The number of benzene rings is 1.